The summed E-state index contributed by atoms with van der Waals surface area (Å²) in [5.41, 5.74) is 2.37. The lowest BCUT2D eigenvalue weighted by Crippen LogP contribution is -2.27. The second-order valence-corrected chi connectivity index (χ2v) is 6.99. The van der Waals surface area contributed by atoms with Crippen LogP contribution in [0.4, 0.5) is 21.5 Å². The number of likely N-dealkylation sites (N-methyl/N-ethyl adjacent to an activating group) is 1. The maximum absolute atomic E-state index is 14.9. The second kappa shape index (κ2) is 11.8. The third-order valence-electron chi connectivity index (χ3n) is 4.09. The van der Waals surface area contributed by atoms with Gasteiger partial charge < -0.3 is 25.0 Å². The highest BCUT2D eigenvalue weighted by Crippen LogP contribution is 2.33. The van der Waals surface area contributed by atoms with E-state index in [1.807, 2.05) is 14.1 Å². The van der Waals surface area contributed by atoms with E-state index in [1.54, 1.807) is 55.5 Å². The predicted molar refractivity (Wildman–Crippen MR) is 124 cm³/mol. The zero-order valence-corrected chi connectivity index (χ0v) is 18.4. The Morgan fingerprint density at radius 3 is 2.39 bits per heavy atom. The Labute approximate surface area is 182 Å². The highest BCUT2D eigenvalue weighted by molar-refractivity contribution is 5.92. The second-order valence-electron chi connectivity index (χ2n) is 6.99. The van der Waals surface area contributed by atoms with E-state index < -0.39 is 5.82 Å². The first-order valence-electron chi connectivity index (χ1n) is 9.79. The van der Waals surface area contributed by atoms with Gasteiger partial charge in [-0.3, -0.25) is 9.79 Å². The number of carbonyl (C=O) groups is 1. The Kier molecular flexibility index (Phi) is 9.17. The first-order chi connectivity index (χ1) is 14.8. The summed E-state index contributed by atoms with van der Waals surface area (Å²) in [6.45, 7) is 6.72. The van der Waals surface area contributed by atoms with Gasteiger partial charge in [0.15, 0.2) is 0 Å². The zero-order chi connectivity index (χ0) is 22.8. The molecule has 0 aliphatic heterocycles. The number of ether oxygens (including phenoxy) is 2. The molecule has 2 N–H and O–H groups in total. The van der Waals surface area contributed by atoms with Crippen LogP contribution in [0.1, 0.15) is 12.5 Å². The third kappa shape index (κ3) is 7.51. The molecule has 2 aromatic carbocycles. The molecule has 0 bridgehead atoms. The molecule has 0 aromatic heterocycles. The number of benzene rings is 2. The molecule has 2 aromatic rings. The van der Waals surface area contributed by atoms with Gasteiger partial charge in [0.05, 0.1) is 24.4 Å². The van der Waals surface area contributed by atoms with E-state index in [1.165, 1.54) is 6.07 Å². The fourth-order valence-corrected chi connectivity index (χ4v) is 2.80. The summed E-state index contributed by atoms with van der Waals surface area (Å²) >= 11 is 0. The molecule has 31 heavy (non-hydrogen) atoms. The van der Waals surface area contributed by atoms with Crippen molar-refractivity contribution in [3.05, 3.63) is 54.4 Å². The number of carbonyl (C=O) groups excluding carboxylic acids is 1. The normalized spacial score (nSPS) is 11.0. The number of hydrogen-bond acceptors (Lipinski definition) is 6. The number of aliphatic imine (C=N–C) groups is 1. The van der Waals surface area contributed by atoms with Crippen molar-refractivity contribution >= 4 is 34.9 Å². The minimum atomic E-state index is -0.499. The molecule has 0 heterocycles. The molecule has 0 unspecified atom stereocenters. The van der Waals surface area contributed by atoms with Crippen molar-refractivity contribution in [3.63, 3.8) is 0 Å². The van der Waals surface area contributed by atoms with E-state index in [4.69, 9.17) is 9.47 Å². The number of rotatable bonds is 11. The number of hydrogen-bond donors (Lipinski definition) is 2. The van der Waals surface area contributed by atoms with Crippen LogP contribution in [0, 0.1) is 5.82 Å². The van der Waals surface area contributed by atoms with E-state index in [-0.39, 0.29) is 11.5 Å². The van der Waals surface area contributed by atoms with Gasteiger partial charge in [0.2, 0.25) is 5.91 Å². The topological polar surface area (TPSA) is 75.2 Å². The molecular weight excluding hydrogens is 399 g/mol. The minimum Gasteiger partial charge on any atom is -0.491 e. The molecule has 0 aliphatic rings. The predicted octanol–water partition coefficient (Wildman–Crippen LogP) is 4.16. The van der Waals surface area contributed by atoms with Crippen LogP contribution in [0.15, 0.2) is 48.0 Å². The van der Waals surface area contributed by atoms with E-state index in [2.05, 4.69) is 22.2 Å². The minimum absolute atomic E-state index is 0.105. The Morgan fingerprint density at radius 1 is 1.16 bits per heavy atom. The van der Waals surface area contributed by atoms with Crippen LogP contribution in [0.2, 0.25) is 0 Å². The van der Waals surface area contributed by atoms with Crippen molar-refractivity contribution in [1.82, 2.24) is 4.90 Å². The number of anilines is 2. The van der Waals surface area contributed by atoms with Crippen LogP contribution in [0.25, 0.3) is 5.70 Å². The summed E-state index contributed by atoms with van der Waals surface area (Å²) in [4.78, 5) is 17.9. The number of amides is 1. The third-order valence-corrected chi connectivity index (χ3v) is 4.09. The fourth-order valence-electron chi connectivity index (χ4n) is 2.80. The number of methoxy groups -OCH3 is 1. The summed E-state index contributed by atoms with van der Waals surface area (Å²) in [7, 11) is 5.22. The van der Waals surface area contributed by atoms with E-state index in [9.17, 15) is 9.18 Å². The van der Waals surface area contributed by atoms with Crippen molar-refractivity contribution in [2.75, 3.05) is 51.6 Å². The van der Waals surface area contributed by atoms with E-state index in [0.29, 0.717) is 48.3 Å². The Balaban J connectivity index is 2.14. The van der Waals surface area contributed by atoms with Gasteiger partial charge in [-0.05, 0) is 45.3 Å². The lowest BCUT2D eigenvalue weighted by Gasteiger charge is -2.15. The molecular formula is C23H29FN4O3. The van der Waals surface area contributed by atoms with Crippen molar-refractivity contribution in [2.24, 2.45) is 4.99 Å². The highest BCUT2D eigenvalue weighted by atomic mass is 19.1. The van der Waals surface area contributed by atoms with Gasteiger partial charge in [-0.2, -0.15) is 0 Å². The summed E-state index contributed by atoms with van der Waals surface area (Å²) in [6.07, 6.45) is 1.58. The van der Waals surface area contributed by atoms with Crippen molar-refractivity contribution in [2.45, 2.75) is 6.92 Å². The monoisotopic (exact) mass is 428 g/mol. The molecule has 2 rings (SSSR count). The van der Waals surface area contributed by atoms with Crippen molar-refractivity contribution in [1.29, 1.82) is 0 Å². The summed E-state index contributed by atoms with van der Waals surface area (Å²) < 4.78 is 25.3. The first kappa shape index (κ1) is 24.0. The Hall–Kier alpha value is -3.23. The maximum Gasteiger partial charge on any atom is 0.238 e. The number of halogens is 1. The first-order valence-corrected chi connectivity index (χ1v) is 9.79. The largest absolute Gasteiger partial charge is 0.491 e. The van der Waals surface area contributed by atoms with Gasteiger partial charge in [0.1, 0.15) is 18.2 Å². The molecule has 1 amide bonds. The van der Waals surface area contributed by atoms with Crippen LogP contribution in [0.5, 0.6) is 5.75 Å². The molecule has 0 fully saturated rings. The van der Waals surface area contributed by atoms with Gasteiger partial charge in [-0.15, -0.1) is 0 Å². The lowest BCUT2D eigenvalue weighted by molar-refractivity contribution is -0.116. The average Bonchev–Trinajstić information content (AvgIpc) is 2.69. The standard InChI is InChI=1S/C23H29FN4O3/c1-6-25-21-14-19(31-12-11-30-5)13-20(24)23(21)16(2)26-17-7-9-18(10-8-17)27-22(29)15-28(3)4/h6-10,13-14,26H,2,11-12,15H2,1,3-5H3,(H,27,29). The van der Waals surface area contributed by atoms with Crippen molar-refractivity contribution in [3.8, 4) is 5.75 Å². The SMILES string of the molecule is C=C(Nc1ccc(NC(=O)CN(C)C)cc1)c1c(F)cc(OCCOC)cc1N=CC. The number of nitrogens with one attached hydrogen (secondary N) is 2. The fraction of sp³-hybridized carbons (Fsp3) is 0.304. The quantitative estimate of drug-likeness (QED) is 0.415. The highest BCUT2D eigenvalue weighted by Gasteiger charge is 2.15. The summed E-state index contributed by atoms with van der Waals surface area (Å²) in [5.74, 6) is -0.239. The molecule has 0 saturated heterocycles. The van der Waals surface area contributed by atoms with Gasteiger partial charge in [-0.1, -0.05) is 6.58 Å². The van der Waals surface area contributed by atoms with E-state index in [0.717, 1.165) is 0 Å². The zero-order valence-electron chi connectivity index (χ0n) is 18.4. The lowest BCUT2D eigenvalue weighted by atomic mass is 10.1. The van der Waals surface area contributed by atoms with Gasteiger partial charge in [0.25, 0.3) is 0 Å². The van der Waals surface area contributed by atoms with Crippen LogP contribution < -0.4 is 15.4 Å². The number of nitrogens with zero attached hydrogens (tertiary/aromatic N) is 2. The molecule has 0 spiro atoms. The van der Waals surface area contributed by atoms with Crippen LogP contribution in [-0.2, 0) is 9.53 Å². The van der Waals surface area contributed by atoms with Crippen LogP contribution >= 0.6 is 0 Å². The van der Waals surface area contributed by atoms with Crippen LogP contribution in [-0.4, -0.2) is 58.0 Å². The molecule has 166 valence electrons. The summed E-state index contributed by atoms with van der Waals surface area (Å²) in [5, 5.41) is 5.91. The molecule has 7 nitrogen and oxygen atoms in total. The smallest absolute Gasteiger partial charge is 0.238 e. The Bertz CT molecular complexity index is 927. The molecule has 0 radical (unpaired) electrons. The average molecular weight is 429 g/mol. The van der Waals surface area contributed by atoms with E-state index >= 15 is 0 Å². The van der Waals surface area contributed by atoms with Gasteiger partial charge in [-0.25, -0.2) is 4.39 Å². The molecule has 8 heteroatoms. The molecule has 0 atom stereocenters. The van der Waals surface area contributed by atoms with Crippen LogP contribution in [0.3, 0.4) is 0 Å². The molecule has 0 aliphatic carbocycles. The van der Waals surface area contributed by atoms with Gasteiger partial charge in [0, 0.05) is 42.5 Å². The Morgan fingerprint density at radius 2 is 1.81 bits per heavy atom. The molecule has 0 saturated carbocycles. The summed E-state index contributed by atoms with van der Waals surface area (Å²) in [6, 6.07) is 10.0. The van der Waals surface area contributed by atoms with Gasteiger partial charge >= 0.3 is 0 Å². The van der Waals surface area contributed by atoms with Crippen molar-refractivity contribution < 1.29 is 18.7 Å². The maximum atomic E-state index is 14.9.